The maximum absolute atomic E-state index is 12.2. The molecule has 1 amide bonds. The molecule has 0 aliphatic rings. The Morgan fingerprint density at radius 1 is 1.36 bits per heavy atom. The molecule has 0 aliphatic heterocycles. The zero-order valence-corrected chi connectivity index (χ0v) is 14.7. The number of thiazole rings is 1. The molecule has 0 bridgehead atoms. The number of thioether (sulfide) groups is 1. The van der Waals surface area contributed by atoms with Crippen molar-refractivity contribution in [3.63, 3.8) is 0 Å². The molecule has 0 radical (unpaired) electrons. The first-order valence-corrected chi connectivity index (χ1v) is 8.95. The van der Waals surface area contributed by atoms with E-state index in [4.69, 9.17) is 4.74 Å². The van der Waals surface area contributed by atoms with Gasteiger partial charge in [0.1, 0.15) is 5.75 Å². The number of ether oxygens (including phenoxy) is 1. The third-order valence-electron chi connectivity index (χ3n) is 2.99. The Balaban J connectivity index is 1.81. The van der Waals surface area contributed by atoms with E-state index in [0.29, 0.717) is 18.9 Å². The van der Waals surface area contributed by atoms with E-state index in [1.165, 1.54) is 11.8 Å². The Labute approximate surface area is 139 Å². The minimum absolute atomic E-state index is 0.101. The van der Waals surface area contributed by atoms with Gasteiger partial charge < -0.3 is 9.64 Å². The van der Waals surface area contributed by atoms with E-state index in [1.54, 1.807) is 16.2 Å². The molecule has 0 unspecified atom stereocenters. The lowest BCUT2D eigenvalue weighted by Crippen LogP contribution is -2.27. The molecule has 22 heavy (non-hydrogen) atoms. The van der Waals surface area contributed by atoms with Gasteiger partial charge in [0.25, 0.3) is 0 Å². The molecule has 0 atom stereocenters. The highest BCUT2D eigenvalue weighted by Gasteiger charge is 2.11. The largest absolute Gasteiger partial charge is 0.494 e. The normalized spacial score (nSPS) is 10.5. The number of benzene rings is 1. The van der Waals surface area contributed by atoms with Crippen LogP contribution in [0.4, 0.5) is 0 Å². The van der Waals surface area contributed by atoms with Gasteiger partial charge in [0.15, 0.2) is 0 Å². The molecule has 2 aromatic rings. The van der Waals surface area contributed by atoms with Crippen LogP contribution in [0.5, 0.6) is 5.75 Å². The Hall–Kier alpha value is -1.53. The lowest BCUT2D eigenvalue weighted by Gasteiger charge is -2.15. The summed E-state index contributed by atoms with van der Waals surface area (Å²) in [5.41, 5.74) is 0.949. The van der Waals surface area contributed by atoms with Crippen LogP contribution >= 0.6 is 23.1 Å². The van der Waals surface area contributed by atoms with Crippen molar-refractivity contribution in [3.8, 4) is 5.75 Å². The smallest absolute Gasteiger partial charge is 0.233 e. The third-order valence-corrected chi connectivity index (χ3v) is 4.81. The monoisotopic (exact) mass is 336 g/mol. The minimum Gasteiger partial charge on any atom is -0.494 e. The van der Waals surface area contributed by atoms with E-state index in [1.807, 2.05) is 50.5 Å². The van der Waals surface area contributed by atoms with Crippen LogP contribution in [0.2, 0.25) is 0 Å². The standard InChI is InChI=1S/C16H20N2O2S2/c1-4-20-14-5-7-15(8-6-14)22-11-16(19)18(3)9-13-10-21-12(2)17-13/h5-8,10H,4,9,11H2,1-3H3. The number of nitrogens with zero attached hydrogens (tertiary/aromatic N) is 2. The van der Waals surface area contributed by atoms with Crippen molar-refractivity contribution in [2.24, 2.45) is 0 Å². The van der Waals surface area contributed by atoms with Crippen LogP contribution in [-0.4, -0.2) is 35.2 Å². The number of rotatable bonds is 7. The Morgan fingerprint density at radius 2 is 2.09 bits per heavy atom. The Kier molecular flexibility index (Phi) is 6.27. The highest BCUT2D eigenvalue weighted by molar-refractivity contribution is 8.00. The summed E-state index contributed by atoms with van der Waals surface area (Å²) in [6.07, 6.45) is 0. The lowest BCUT2D eigenvalue weighted by molar-refractivity contribution is -0.127. The molecule has 1 aromatic carbocycles. The van der Waals surface area contributed by atoms with Crippen LogP contribution in [-0.2, 0) is 11.3 Å². The van der Waals surface area contributed by atoms with Gasteiger partial charge in [-0.1, -0.05) is 0 Å². The summed E-state index contributed by atoms with van der Waals surface area (Å²) >= 11 is 3.14. The number of amides is 1. The molecular weight excluding hydrogens is 316 g/mol. The van der Waals surface area contributed by atoms with Crippen molar-refractivity contribution in [3.05, 3.63) is 40.3 Å². The molecule has 118 valence electrons. The fraction of sp³-hybridized carbons (Fsp3) is 0.375. The molecule has 1 aromatic heterocycles. The maximum atomic E-state index is 12.2. The summed E-state index contributed by atoms with van der Waals surface area (Å²) in [4.78, 5) is 19.3. The summed E-state index contributed by atoms with van der Waals surface area (Å²) in [5.74, 6) is 1.38. The second-order valence-corrected chi connectivity index (χ2v) is 6.91. The van der Waals surface area contributed by atoms with Gasteiger partial charge in [-0.3, -0.25) is 4.79 Å². The van der Waals surface area contributed by atoms with E-state index < -0.39 is 0 Å². The van der Waals surface area contributed by atoms with E-state index in [-0.39, 0.29) is 5.91 Å². The number of aryl methyl sites for hydroxylation is 1. The molecule has 0 saturated heterocycles. The summed E-state index contributed by atoms with van der Waals surface area (Å²) in [6.45, 7) is 5.15. The van der Waals surface area contributed by atoms with E-state index in [0.717, 1.165) is 21.3 Å². The molecule has 1 heterocycles. The van der Waals surface area contributed by atoms with Crippen molar-refractivity contribution < 1.29 is 9.53 Å². The van der Waals surface area contributed by atoms with Crippen LogP contribution in [0.25, 0.3) is 0 Å². The molecule has 2 rings (SSSR count). The highest BCUT2D eigenvalue weighted by Crippen LogP contribution is 2.22. The van der Waals surface area contributed by atoms with Crippen LogP contribution < -0.4 is 4.74 Å². The second-order valence-electron chi connectivity index (χ2n) is 4.80. The Bertz CT molecular complexity index is 611. The highest BCUT2D eigenvalue weighted by atomic mass is 32.2. The lowest BCUT2D eigenvalue weighted by atomic mass is 10.3. The van der Waals surface area contributed by atoms with E-state index in [9.17, 15) is 4.79 Å². The maximum Gasteiger partial charge on any atom is 0.233 e. The summed E-state index contributed by atoms with van der Waals surface area (Å²) in [6, 6.07) is 7.82. The third kappa shape index (κ3) is 5.03. The number of aromatic nitrogens is 1. The van der Waals surface area contributed by atoms with Crippen LogP contribution in [0, 0.1) is 6.92 Å². The van der Waals surface area contributed by atoms with Gasteiger partial charge in [-0.15, -0.1) is 23.1 Å². The average Bonchev–Trinajstić information content (AvgIpc) is 2.91. The van der Waals surface area contributed by atoms with E-state index in [2.05, 4.69) is 4.98 Å². The van der Waals surface area contributed by atoms with Gasteiger partial charge in [0, 0.05) is 17.3 Å². The topological polar surface area (TPSA) is 42.4 Å². The molecule has 0 N–H and O–H groups in total. The van der Waals surface area contributed by atoms with Gasteiger partial charge in [-0.2, -0.15) is 0 Å². The predicted octanol–water partition coefficient (Wildman–Crippen LogP) is 3.60. The number of carbonyl (C=O) groups excluding carboxylic acids is 1. The van der Waals surface area contributed by atoms with Gasteiger partial charge in [-0.05, 0) is 38.1 Å². The predicted molar refractivity (Wildman–Crippen MR) is 91.7 cm³/mol. The molecule has 4 nitrogen and oxygen atoms in total. The zero-order chi connectivity index (χ0) is 15.9. The van der Waals surface area contributed by atoms with Crippen LogP contribution in [0.15, 0.2) is 34.5 Å². The van der Waals surface area contributed by atoms with Crippen LogP contribution in [0.3, 0.4) is 0 Å². The summed E-state index contributed by atoms with van der Waals surface area (Å²) in [7, 11) is 1.82. The van der Waals surface area contributed by atoms with Crippen molar-refractivity contribution >= 4 is 29.0 Å². The summed E-state index contributed by atoms with van der Waals surface area (Å²) < 4.78 is 5.40. The van der Waals surface area contributed by atoms with Crippen molar-refractivity contribution in [2.45, 2.75) is 25.3 Å². The first-order chi connectivity index (χ1) is 10.6. The van der Waals surface area contributed by atoms with Crippen molar-refractivity contribution in [2.75, 3.05) is 19.4 Å². The average molecular weight is 336 g/mol. The van der Waals surface area contributed by atoms with Crippen molar-refractivity contribution in [1.82, 2.24) is 9.88 Å². The number of hydrogen-bond donors (Lipinski definition) is 0. The summed E-state index contributed by atoms with van der Waals surface area (Å²) in [5, 5.41) is 3.03. The molecule has 0 saturated carbocycles. The first-order valence-electron chi connectivity index (χ1n) is 7.09. The van der Waals surface area contributed by atoms with Gasteiger partial charge in [0.2, 0.25) is 5.91 Å². The molecule has 0 aliphatic carbocycles. The fourth-order valence-corrected chi connectivity index (χ4v) is 3.31. The van der Waals surface area contributed by atoms with Gasteiger partial charge in [0.05, 0.1) is 29.6 Å². The SMILES string of the molecule is CCOc1ccc(SCC(=O)N(C)Cc2csc(C)n2)cc1. The van der Waals surface area contributed by atoms with Gasteiger partial charge >= 0.3 is 0 Å². The Morgan fingerprint density at radius 3 is 2.68 bits per heavy atom. The van der Waals surface area contributed by atoms with E-state index >= 15 is 0 Å². The first kappa shape index (κ1) is 16.8. The quantitative estimate of drug-likeness (QED) is 0.725. The second kappa shape index (κ2) is 8.19. The fourth-order valence-electron chi connectivity index (χ4n) is 1.87. The number of hydrogen-bond acceptors (Lipinski definition) is 5. The molecule has 0 fully saturated rings. The number of carbonyl (C=O) groups is 1. The molecule has 0 spiro atoms. The molecular formula is C16H20N2O2S2. The minimum atomic E-state index is 0.101. The van der Waals surface area contributed by atoms with Gasteiger partial charge in [-0.25, -0.2) is 4.98 Å². The van der Waals surface area contributed by atoms with Crippen molar-refractivity contribution in [1.29, 1.82) is 0 Å². The zero-order valence-electron chi connectivity index (χ0n) is 13.0. The van der Waals surface area contributed by atoms with Crippen LogP contribution in [0.1, 0.15) is 17.6 Å². The molecule has 6 heteroatoms.